The quantitative estimate of drug-likeness (QED) is 0.900. The number of hydrogen-bond donors (Lipinski definition) is 2. The summed E-state index contributed by atoms with van der Waals surface area (Å²) < 4.78 is 13.9. The monoisotopic (exact) mass is 296 g/mol. The Kier molecular flexibility index (Phi) is 4.28. The van der Waals surface area contributed by atoms with Crippen molar-refractivity contribution in [2.45, 2.75) is 33.2 Å². The number of nitrogens with two attached hydrogens (primary N) is 1. The van der Waals surface area contributed by atoms with Gasteiger partial charge in [-0.15, -0.1) is 0 Å². The van der Waals surface area contributed by atoms with Crippen LogP contribution in [0.15, 0.2) is 12.1 Å². The first-order valence-electron chi connectivity index (χ1n) is 6.73. The second-order valence-electron chi connectivity index (χ2n) is 6.22. The summed E-state index contributed by atoms with van der Waals surface area (Å²) in [5, 5.41) is 3.37. The molecule has 1 amide bonds. The summed E-state index contributed by atoms with van der Waals surface area (Å²) in [4.78, 5) is 11.2. The first kappa shape index (κ1) is 15.2. The lowest BCUT2D eigenvalue weighted by Gasteiger charge is -2.36. The zero-order chi connectivity index (χ0) is 14.9. The number of benzene rings is 1. The molecule has 1 aromatic rings. The highest BCUT2D eigenvalue weighted by atomic mass is 32.2. The minimum absolute atomic E-state index is 0.207. The van der Waals surface area contributed by atoms with Gasteiger partial charge in [-0.3, -0.25) is 4.79 Å². The maximum absolute atomic E-state index is 13.9. The molecule has 0 saturated carbocycles. The average molecular weight is 296 g/mol. The first-order chi connectivity index (χ1) is 9.28. The molecule has 1 atom stereocenters. The number of carbonyl (C=O) groups excluding carboxylic acids is 1. The van der Waals surface area contributed by atoms with Crippen LogP contribution in [0.2, 0.25) is 0 Å². The third kappa shape index (κ3) is 3.45. The van der Waals surface area contributed by atoms with E-state index in [1.165, 1.54) is 6.07 Å². The molecule has 0 aromatic heterocycles. The van der Waals surface area contributed by atoms with Crippen molar-refractivity contribution in [1.82, 2.24) is 0 Å². The summed E-state index contributed by atoms with van der Waals surface area (Å²) in [5.41, 5.74) is 6.92. The van der Waals surface area contributed by atoms with E-state index in [0.717, 1.165) is 17.9 Å². The van der Waals surface area contributed by atoms with Crippen LogP contribution in [0.25, 0.3) is 0 Å². The van der Waals surface area contributed by atoms with Gasteiger partial charge in [0.15, 0.2) is 0 Å². The first-order valence-corrected chi connectivity index (χ1v) is 7.88. The second kappa shape index (κ2) is 5.64. The molecular formula is C15H21FN2OS. The van der Waals surface area contributed by atoms with Crippen LogP contribution in [0.3, 0.4) is 0 Å². The van der Waals surface area contributed by atoms with E-state index >= 15 is 0 Å². The van der Waals surface area contributed by atoms with E-state index in [-0.39, 0.29) is 17.0 Å². The van der Waals surface area contributed by atoms with Crippen LogP contribution in [0.4, 0.5) is 10.1 Å². The van der Waals surface area contributed by atoms with Crippen molar-refractivity contribution >= 4 is 23.4 Å². The number of carbonyl (C=O) groups is 1. The zero-order valence-electron chi connectivity index (χ0n) is 12.1. The molecule has 2 rings (SSSR count). The molecule has 1 unspecified atom stereocenters. The summed E-state index contributed by atoms with van der Waals surface area (Å²) in [6.07, 6.45) is 1.03. The van der Waals surface area contributed by atoms with Crippen LogP contribution in [-0.2, 0) is 0 Å². The predicted molar refractivity (Wildman–Crippen MR) is 82.8 cm³/mol. The highest BCUT2D eigenvalue weighted by Crippen LogP contribution is 2.35. The molecule has 0 radical (unpaired) electrons. The molecular weight excluding hydrogens is 275 g/mol. The SMILES string of the molecule is Cc1c(F)cc(C(N)=O)cc1NC1CSCC(C)(C)C1. The van der Waals surface area contributed by atoms with Crippen LogP contribution in [0.5, 0.6) is 0 Å². The van der Waals surface area contributed by atoms with Crippen molar-refractivity contribution in [3.8, 4) is 0 Å². The molecule has 0 spiro atoms. The van der Waals surface area contributed by atoms with Gasteiger partial charge in [0, 0.05) is 28.6 Å². The number of nitrogens with one attached hydrogen (secondary N) is 1. The standard InChI is InChI=1S/C15H21FN2OS/c1-9-12(16)4-10(14(17)19)5-13(9)18-11-6-15(2,3)8-20-7-11/h4-5,11,18H,6-8H2,1-3H3,(H2,17,19). The number of rotatable bonds is 3. The van der Waals surface area contributed by atoms with Gasteiger partial charge in [0.2, 0.25) is 5.91 Å². The predicted octanol–water partition coefficient (Wildman–Crippen LogP) is 3.18. The molecule has 5 heteroatoms. The smallest absolute Gasteiger partial charge is 0.248 e. The number of anilines is 1. The van der Waals surface area contributed by atoms with Crippen LogP contribution in [-0.4, -0.2) is 23.5 Å². The van der Waals surface area contributed by atoms with Crippen LogP contribution in [0.1, 0.15) is 36.2 Å². The third-order valence-electron chi connectivity index (χ3n) is 3.60. The van der Waals surface area contributed by atoms with Gasteiger partial charge in [0.1, 0.15) is 5.82 Å². The molecule has 1 aliphatic heterocycles. The van der Waals surface area contributed by atoms with Crippen molar-refractivity contribution < 1.29 is 9.18 Å². The Morgan fingerprint density at radius 2 is 2.20 bits per heavy atom. The molecule has 1 fully saturated rings. The molecule has 3 nitrogen and oxygen atoms in total. The molecule has 1 aromatic carbocycles. The number of halogens is 1. The van der Waals surface area contributed by atoms with Gasteiger partial charge in [-0.1, -0.05) is 13.8 Å². The average Bonchev–Trinajstić information content (AvgIpc) is 2.33. The maximum Gasteiger partial charge on any atom is 0.248 e. The van der Waals surface area contributed by atoms with E-state index in [1.807, 2.05) is 11.8 Å². The maximum atomic E-state index is 13.9. The summed E-state index contributed by atoms with van der Waals surface area (Å²) in [5.74, 6) is 1.13. The van der Waals surface area contributed by atoms with E-state index in [0.29, 0.717) is 11.3 Å². The summed E-state index contributed by atoms with van der Waals surface area (Å²) in [6, 6.07) is 3.13. The van der Waals surface area contributed by atoms with Crippen molar-refractivity contribution in [3.05, 3.63) is 29.1 Å². The number of thioether (sulfide) groups is 1. The number of primary amides is 1. The van der Waals surface area contributed by atoms with E-state index in [1.54, 1.807) is 13.0 Å². The minimum Gasteiger partial charge on any atom is -0.381 e. The van der Waals surface area contributed by atoms with Crippen molar-refractivity contribution in [2.75, 3.05) is 16.8 Å². The van der Waals surface area contributed by atoms with E-state index in [4.69, 9.17) is 5.73 Å². The fourth-order valence-electron chi connectivity index (χ4n) is 2.55. The fraction of sp³-hybridized carbons (Fsp3) is 0.533. The molecule has 1 aliphatic rings. The fourth-order valence-corrected chi connectivity index (χ4v) is 3.82. The summed E-state index contributed by atoms with van der Waals surface area (Å²) in [6.45, 7) is 6.19. The topological polar surface area (TPSA) is 55.1 Å². The Morgan fingerprint density at radius 1 is 1.50 bits per heavy atom. The van der Waals surface area contributed by atoms with Crippen molar-refractivity contribution in [3.63, 3.8) is 0 Å². The van der Waals surface area contributed by atoms with Gasteiger partial charge in [0.25, 0.3) is 0 Å². The Labute approximate surface area is 123 Å². The van der Waals surface area contributed by atoms with E-state index in [9.17, 15) is 9.18 Å². The van der Waals surface area contributed by atoms with Crippen LogP contribution >= 0.6 is 11.8 Å². The highest BCUT2D eigenvalue weighted by Gasteiger charge is 2.28. The Balaban J connectivity index is 2.22. The largest absolute Gasteiger partial charge is 0.381 e. The van der Waals surface area contributed by atoms with Gasteiger partial charge < -0.3 is 11.1 Å². The summed E-state index contributed by atoms with van der Waals surface area (Å²) in [7, 11) is 0. The molecule has 0 aliphatic carbocycles. The number of hydrogen-bond acceptors (Lipinski definition) is 3. The highest BCUT2D eigenvalue weighted by molar-refractivity contribution is 7.99. The molecule has 3 N–H and O–H groups in total. The Hall–Kier alpha value is -1.23. The lowest BCUT2D eigenvalue weighted by atomic mass is 9.87. The lowest BCUT2D eigenvalue weighted by molar-refractivity contribution is 0.1000. The summed E-state index contributed by atoms with van der Waals surface area (Å²) >= 11 is 1.90. The molecule has 20 heavy (non-hydrogen) atoms. The normalized spacial score (nSPS) is 21.5. The van der Waals surface area contributed by atoms with Gasteiger partial charge in [-0.2, -0.15) is 11.8 Å². The Morgan fingerprint density at radius 3 is 2.80 bits per heavy atom. The van der Waals surface area contributed by atoms with E-state index < -0.39 is 11.7 Å². The molecule has 0 bridgehead atoms. The van der Waals surface area contributed by atoms with E-state index in [2.05, 4.69) is 19.2 Å². The second-order valence-corrected chi connectivity index (χ2v) is 7.25. The van der Waals surface area contributed by atoms with Gasteiger partial charge in [-0.05, 0) is 36.6 Å². The molecule has 110 valence electrons. The third-order valence-corrected chi connectivity index (χ3v) is 5.22. The molecule has 1 heterocycles. The van der Waals surface area contributed by atoms with Crippen molar-refractivity contribution in [1.29, 1.82) is 0 Å². The van der Waals surface area contributed by atoms with Gasteiger partial charge in [0.05, 0.1) is 0 Å². The lowest BCUT2D eigenvalue weighted by Crippen LogP contribution is -2.35. The van der Waals surface area contributed by atoms with Gasteiger partial charge in [-0.25, -0.2) is 4.39 Å². The van der Waals surface area contributed by atoms with Crippen LogP contribution in [0, 0.1) is 18.2 Å². The minimum atomic E-state index is -0.606. The van der Waals surface area contributed by atoms with Crippen LogP contribution < -0.4 is 11.1 Å². The molecule has 1 saturated heterocycles. The van der Waals surface area contributed by atoms with Crippen molar-refractivity contribution in [2.24, 2.45) is 11.1 Å². The van der Waals surface area contributed by atoms with Gasteiger partial charge >= 0.3 is 0 Å². The zero-order valence-corrected chi connectivity index (χ0v) is 12.9. The number of amides is 1. The Bertz CT molecular complexity index is 531.